The van der Waals surface area contributed by atoms with Crippen LogP contribution in [-0.4, -0.2) is 4.98 Å². The maximum Gasteiger partial charge on any atom is 0.109 e. The number of furan rings is 1. The Kier molecular flexibility index (Phi) is 3.71. The molecule has 0 saturated heterocycles. The molecular weight excluding hydrogens is 222 g/mol. The van der Waals surface area contributed by atoms with E-state index in [1.54, 1.807) is 23.9 Å². The van der Waals surface area contributed by atoms with Gasteiger partial charge in [-0.3, -0.25) is 0 Å². The van der Waals surface area contributed by atoms with Gasteiger partial charge in [-0.1, -0.05) is 0 Å². The number of hydrogen-bond acceptors (Lipinski definition) is 5. The van der Waals surface area contributed by atoms with Crippen molar-refractivity contribution in [2.75, 3.05) is 0 Å². The zero-order chi connectivity index (χ0) is 11.4. The van der Waals surface area contributed by atoms with Crippen molar-refractivity contribution in [3.05, 3.63) is 40.2 Å². The summed E-state index contributed by atoms with van der Waals surface area (Å²) in [6, 6.07) is 1.97. The highest BCUT2D eigenvalue weighted by atomic mass is 32.1. The number of thiazole rings is 1. The van der Waals surface area contributed by atoms with Crippen molar-refractivity contribution in [1.29, 1.82) is 0 Å². The van der Waals surface area contributed by atoms with Crippen molar-refractivity contribution in [2.45, 2.75) is 26.1 Å². The second-order valence-corrected chi connectivity index (χ2v) is 4.59. The minimum Gasteiger partial charge on any atom is -0.472 e. The first kappa shape index (κ1) is 11.3. The van der Waals surface area contributed by atoms with Crippen molar-refractivity contribution < 1.29 is 4.42 Å². The van der Waals surface area contributed by atoms with Gasteiger partial charge in [0.15, 0.2) is 0 Å². The van der Waals surface area contributed by atoms with E-state index in [1.807, 2.05) is 18.4 Å². The normalized spacial score (nSPS) is 12.9. The predicted molar refractivity (Wildman–Crippen MR) is 64.0 cm³/mol. The summed E-state index contributed by atoms with van der Waals surface area (Å²) in [5.74, 6) is 0. The summed E-state index contributed by atoms with van der Waals surface area (Å²) in [6.07, 6.45) is 3.41. The van der Waals surface area contributed by atoms with E-state index in [-0.39, 0.29) is 6.04 Å². The first-order valence-electron chi connectivity index (χ1n) is 5.17. The highest BCUT2D eigenvalue weighted by Gasteiger charge is 2.05. The molecule has 0 amide bonds. The fraction of sp³-hybridized carbons (Fsp3) is 0.364. The van der Waals surface area contributed by atoms with Gasteiger partial charge in [-0.25, -0.2) is 4.98 Å². The molecule has 0 aliphatic rings. The van der Waals surface area contributed by atoms with E-state index >= 15 is 0 Å². The SMILES string of the molecule is CC(N)c1nc(CNCc2ccoc2)cs1. The van der Waals surface area contributed by atoms with E-state index in [9.17, 15) is 0 Å². The predicted octanol–water partition coefficient (Wildman–Crippen LogP) is 2.05. The molecule has 0 bridgehead atoms. The van der Waals surface area contributed by atoms with Gasteiger partial charge < -0.3 is 15.5 Å². The van der Waals surface area contributed by atoms with Crippen LogP contribution in [0.15, 0.2) is 28.4 Å². The topological polar surface area (TPSA) is 64.1 Å². The third-order valence-corrected chi connectivity index (χ3v) is 3.27. The van der Waals surface area contributed by atoms with Crippen molar-refractivity contribution in [1.82, 2.24) is 10.3 Å². The van der Waals surface area contributed by atoms with Gasteiger partial charge in [0.1, 0.15) is 5.01 Å². The summed E-state index contributed by atoms with van der Waals surface area (Å²) in [5.41, 5.74) is 7.93. The Morgan fingerprint density at radius 2 is 2.44 bits per heavy atom. The van der Waals surface area contributed by atoms with E-state index in [2.05, 4.69) is 10.3 Å². The average molecular weight is 237 g/mol. The monoisotopic (exact) mass is 237 g/mol. The zero-order valence-corrected chi connectivity index (χ0v) is 9.96. The summed E-state index contributed by atoms with van der Waals surface area (Å²) in [7, 11) is 0. The standard InChI is InChI=1S/C11H15N3OS/c1-8(12)11-14-10(7-16-11)5-13-4-9-2-3-15-6-9/h2-3,6-8,13H,4-5,12H2,1H3. The van der Waals surface area contributed by atoms with Crippen LogP contribution in [0.25, 0.3) is 0 Å². The lowest BCUT2D eigenvalue weighted by Crippen LogP contribution is -2.13. The first-order valence-corrected chi connectivity index (χ1v) is 6.05. The number of nitrogens with two attached hydrogens (primary N) is 1. The van der Waals surface area contributed by atoms with Crippen LogP contribution >= 0.6 is 11.3 Å². The van der Waals surface area contributed by atoms with Crippen LogP contribution in [0.1, 0.15) is 29.2 Å². The number of nitrogens with one attached hydrogen (secondary N) is 1. The van der Waals surface area contributed by atoms with E-state index in [0.29, 0.717) is 0 Å². The molecule has 0 saturated carbocycles. The molecule has 86 valence electrons. The molecular formula is C11H15N3OS. The summed E-state index contributed by atoms with van der Waals surface area (Å²) in [5, 5.41) is 6.33. The number of aromatic nitrogens is 1. The van der Waals surface area contributed by atoms with Gasteiger partial charge >= 0.3 is 0 Å². The molecule has 1 atom stereocenters. The molecule has 2 heterocycles. The van der Waals surface area contributed by atoms with Crippen molar-refractivity contribution >= 4 is 11.3 Å². The summed E-state index contributed by atoms with van der Waals surface area (Å²) >= 11 is 1.61. The van der Waals surface area contributed by atoms with Gasteiger partial charge in [0.05, 0.1) is 24.3 Å². The quantitative estimate of drug-likeness (QED) is 0.835. The Morgan fingerprint density at radius 3 is 3.06 bits per heavy atom. The minimum absolute atomic E-state index is 0.0209. The zero-order valence-electron chi connectivity index (χ0n) is 9.14. The van der Waals surface area contributed by atoms with Crippen molar-refractivity contribution in [3.8, 4) is 0 Å². The molecule has 0 fully saturated rings. The summed E-state index contributed by atoms with van der Waals surface area (Å²) < 4.78 is 4.98. The Hall–Kier alpha value is -1.17. The van der Waals surface area contributed by atoms with E-state index < -0.39 is 0 Å². The van der Waals surface area contributed by atoms with E-state index in [0.717, 1.165) is 29.4 Å². The molecule has 0 radical (unpaired) electrons. The van der Waals surface area contributed by atoms with Crippen LogP contribution < -0.4 is 11.1 Å². The van der Waals surface area contributed by atoms with Crippen molar-refractivity contribution in [2.24, 2.45) is 5.73 Å². The second kappa shape index (κ2) is 5.25. The summed E-state index contributed by atoms with van der Waals surface area (Å²) in [4.78, 5) is 4.44. The third-order valence-electron chi connectivity index (χ3n) is 2.17. The second-order valence-electron chi connectivity index (χ2n) is 3.70. The minimum atomic E-state index is 0.0209. The third kappa shape index (κ3) is 2.91. The largest absolute Gasteiger partial charge is 0.472 e. The summed E-state index contributed by atoms with van der Waals surface area (Å²) in [6.45, 7) is 3.50. The molecule has 3 N–H and O–H groups in total. The molecule has 16 heavy (non-hydrogen) atoms. The van der Waals surface area contributed by atoms with Crippen LogP contribution in [0, 0.1) is 0 Å². The van der Waals surface area contributed by atoms with Gasteiger partial charge in [0.2, 0.25) is 0 Å². The molecule has 0 spiro atoms. The maximum absolute atomic E-state index is 5.75. The lowest BCUT2D eigenvalue weighted by Gasteiger charge is -2.00. The Morgan fingerprint density at radius 1 is 1.56 bits per heavy atom. The Balaban J connectivity index is 1.81. The molecule has 0 aliphatic carbocycles. The molecule has 5 heteroatoms. The number of rotatable bonds is 5. The van der Waals surface area contributed by atoms with Crippen LogP contribution in [0.4, 0.5) is 0 Å². The average Bonchev–Trinajstić information content (AvgIpc) is 2.87. The lowest BCUT2D eigenvalue weighted by molar-refractivity contribution is 0.560. The van der Waals surface area contributed by atoms with Gasteiger partial charge in [0, 0.05) is 24.0 Å². The molecule has 4 nitrogen and oxygen atoms in total. The molecule has 2 aromatic rings. The van der Waals surface area contributed by atoms with E-state index in [4.69, 9.17) is 10.2 Å². The van der Waals surface area contributed by atoms with Crippen molar-refractivity contribution in [3.63, 3.8) is 0 Å². The van der Waals surface area contributed by atoms with Crippen LogP contribution in [0.2, 0.25) is 0 Å². The number of nitrogens with zero attached hydrogens (tertiary/aromatic N) is 1. The van der Waals surface area contributed by atoms with Crippen LogP contribution in [0.3, 0.4) is 0 Å². The van der Waals surface area contributed by atoms with Crippen LogP contribution in [0.5, 0.6) is 0 Å². The molecule has 0 aromatic carbocycles. The maximum atomic E-state index is 5.75. The lowest BCUT2D eigenvalue weighted by atomic mass is 10.3. The van der Waals surface area contributed by atoms with Gasteiger partial charge in [0.25, 0.3) is 0 Å². The van der Waals surface area contributed by atoms with Crippen LogP contribution in [-0.2, 0) is 13.1 Å². The van der Waals surface area contributed by atoms with Gasteiger partial charge in [-0.15, -0.1) is 11.3 Å². The van der Waals surface area contributed by atoms with Gasteiger partial charge in [-0.05, 0) is 13.0 Å². The first-order chi connectivity index (χ1) is 7.75. The smallest absolute Gasteiger partial charge is 0.109 e. The highest BCUT2D eigenvalue weighted by Crippen LogP contribution is 2.15. The Labute approximate surface area is 98.5 Å². The Bertz CT molecular complexity index is 422. The fourth-order valence-electron chi connectivity index (χ4n) is 1.34. The highest BCUT2D eigenvalue weighted by molar-refractivity contribution is 7.09. The molecule has 1 unspecified atom stereocenters. The molecule has 2 rings (SSSR count). The molecule has 0 aliphatic heterocycles. The van der Waals surface area contributed by atoms with Gasteiger partial charge in [-0.2, -0.15) is 0 Å². The van der Waals surface area contributed by atoms with E-state index in [1.165, 1.54) is 0 Å². The number of hydrogen-bond donors (Lipinski definition) is 2. The molecule has 2 aromatic heterocycles. The fourth-order valence-corrected chi connectivity index (χ4v) is 2.12.